The van der Waals surface area contributed by atoms with Crippen LogP contribution in [0.2, 0.25) is 0 Å². The number of hydrogen-bond donors (Lipinski definition) is 0. The summed E-state index contributed by atoms with van der Waals surface area (Å²) in [5, 5.41) is 0. The monoisotopic (exact) mass is 404 g/mol. The van der Waals surface area contributed by atoms with E-state index in [1.165, 1.54) is 3.27 Å². The minimum absolute atomic E-state index is 1.36. The Hall–Kier alpha value is 1.54. The van der Waals surface area contributed by atoms with E-state index >= 15 is 0 Å². The van der Waals surface area contributed by atoms with Crippen LogP contribution in [0.3, 0.4) is 0 Å². The van der Waals surface area contributed by atoms with Gasteiger partial charge in [0.1, 0.15) is 0 Å². The second kappa shape index (κ2) is 3.97. The predicted molar refractivity (Wildman–Crippen MR) is 52.9 cm³/mol. The van der Waals surface area contributed by atoms with Gasteiger partial charge >= 0.3 is 83.5 Å². The quantitative estimate of drug-likeness (QED) is 0.669. The van der Waals surface area contributed by atoms with Crippen molar-refractivity contribution in [3.05, 3.63) is 30.3 Å². The van der Waals surface area contributed by atoms with Crippen molar-refractivity contribution < 1.29 is 13.2 Å². The first-order valence-electron chi connectivity index (χ1n) is 2.73. The molecule has 0 aliphatic carbocycles. The molecule has 0 aliphatic rings. The summed E-state index contributed by atoms with van der Waals surface area (Å²) in [6.45, 7) is 0. The van der Waals surface area contributed by atoms with Crippen LogP contribution in [-0.4, -0.2) is 0 Å². The topological polar surface area (TPSA) is 0 Å². The fourth-order valence-electron chi connectivity index (χ4n) is 0.627. The Kier molecular flexibility index (Phi) is 3.83. The summed E-state index contributed by atoms with van der Waals surface area (Å²) in [4.78, 5) is 0. The van der Waals surface area contributed by atoms with E-state index in [4.69, 9.17) is 0 Å². The molecule has 0 saturated carbocycles. The van der Waals surface area contributed by atoms with Gasteiger partial charge < -0.3 is 0 Å². The van der Waals surface area contributed by atoms with Crippen LogP contribution >= 0.6 is 36.7 Å². The zero-order valence-corrected chi connectivity index (χ0v) is 12.2. The molecule has 0 radical (unpaired) electrons. The van der Waals surface area contributed by atoms with Crippen molar-refractivity contribution in [3.8, 4) is 0 Å². The summed E-state index contributed by atoms with van der Waals surface area (Å²) >= 11 is 8.62. The first-order chi connectivity index (χ1) is 4.61. The number of halogens is 3. The van der Waals surface area contributed by atoms with Gasteiger partial charge in [-0.05, 0) is 0 Å². The minimum atomic E-state index is -2.27. The van der Waals surface area contributed by atoms with E-state index in [1.54, 1.807) is 0 Å². The van der Waals surface area contributed by atoms with Crippen molar-refractivity contribution in [2.24, 2.45) is 0 Å². The van der Waals surface area contributed by atoms with Crippen molar-refractivity contribution in [1.29, 1.82) is 0 Å². The molecule has 54 valence electrons. The molecule has 1 rings (SSSR count). The summed E-state index contributed by atoms with van der Waals surface area (Å²) in [6.07, 6.45) is 0. The SMILES string of the molecule is [Br][Zr]([Br])([Br])[c]1ccccc1. The van der Waals surface area contributed by atoms with Crippen LogP contribution in [0.25, 0.3) is 0 Å². The standard InChI is InChI=1S/C6H5.3BrH.Zr/c1-2-4-6-5-3-1;;;;/h1-5H;3*1H;/q;;;;+3/p-3. The second-order valence-electron chi connectivity index (χ2n) is 1.86. The third-order valence-electron chi connectivity index (χ3n) is 1.10. The van der Waals surface area contributed by atoms with Crippen molar-refractivity contribution >= 4 is 39.9 Å². The van der Waals surface area contributed by atoms with E-state index in [9.17, 15) is 0 Å². The molecule has 0 aromatic heterocycles. The normalized spacial score (nSPS) is 11.5. The van der Waals surface area contributed by atoms with Gasteiger partial charge in [0.25, 0.3) is 0 Å². The van der Waals surface area contributed by atoms with Gasteiger partial charge in [-0.25, -0.2) is 0 Å². The van der Waals surface area contributed by atoms with Gasteiger partial charge in [-0.3, -0.25) is 0 Å². The Morgan fingerprint density at radius 3 is 1.70 bits per heavy atom. The van der Waals surface area contributed by atoms with Crippen LogP contribution in [0, 0.1) is 0 Å². The summed E-state index contributed by atoms with van der Waals surface area (Å²) in [7, 11) is 0. The van der Waals surface area contributed by atoms with Gasteiger partial charge in [-0.15, -0.1) is 0 Å². The first-order valence-corrected chi connectivity index (χ1v) is 20.8. The number of rotatable bonds is 1. The molecule has 0 aliphatic heterocycles. The molecule has 10 heavy (non-hydrogen) atoms. The Morgan fingerprint density at radius 2 is 1.40 bits per heavy atom. The fourth-order valence-corrected chi connectivity index (χ4v) is 6.72. The van der Waals surface area contributed by atoms with E-state index in [0.29, 0.717) is 0 Å². The van der Waals surface area contributed by atoms with Crippen LogP contribution in [-0.2, 0) is 13.2 Å². The van der Waals surface area contributed by atoms with Crippen molar-refractivity contribution in [2.45, 2.75) is 0 Å². The fraction of sp³-hybridized carbons (Fsp3) is 0. The maximum absolute atomic E-state index is 3.63. The molecule has 0 spiro atoms. The first kappa shape index (κ1) is 9.63. The molecular weight excluding hydrogens is 403 g/mol. The van der Waals surface area contributed by atoms with Gasteiger partial charge in [-0.1, -0.05) is 0 Å². The van der Waals surface area contributed by atoms with Gasteiger partial charge in [0.2, 0.25) is 0 Å². The molecule has 0 heterocycles. The maximum atomic E-state index is 3.63. The van der Waals surface area contributed by atoms with E-state index in [2.05, 4.69) is 48.8 Å². The Morgan fingerprint density at radius 1 is 0.900 bits per heavy atom. The van der Waals surface area contributed by atoms with E-state index in [0.717, 1.165) is 0 Å². The van der Waals surface area contributed by atoms with Gasteiger partial charge in [0.15, 0.2) is 0 Å². The van der Waals surface area contributed by atoms with Crippen LogP contribution in [0.4, 0.5) is 0 Å². The Bertz CT molecular complexity index is 204. The average Bonchev–Trinajstić information content (AvgIpc) is 1.88. The van der Waals surface area contributed by atoms with Crippen molar-refractivity contribution in [3.63, 3.8) is 0 Å². The molecule has 0 saturated heterocycles. The summed E-state index contributed by atoms with van der Waals surface area (Å²) < 4.78 is 1.36. The van der Waals surface area contributed by atoms with E-state index in [-0.39, 0.29) is 0 Å². The summed E-state index contributed by atoms with van der Waals surface area (Å²) in [5.74, 6) is 0. The van der Waals surface area contributed by atoms with Crippen LogP contribution in [0.15, 0.2) is 30.3 Å². The molecule has 0 unspecified atom stereocenters. The second-order valence-corrected chi connectivity index (χ2v) is 45.7. The van der Waals surface area contributed by atoms with Crippen LogP contribution in [0.1, 0.15) is 0 Å². The zero-order chi connectivity index (χ0) is 7.61. The Balaban J connectivity index is 2.97. The molecule has 0 bridgehead atoms. The molecule has 1 aromatic carbocycles. The van der Waals surface area contributed by atoms with Gasteiger partial charge in [0.05, 0.1) is 0 Å². The summed E-state index contributed by atoms with van der Waals surface area (Å²) in [6, 6.07) is 10.4. The van der Waals surface area contributed by atoms with Crippen LogP contribution in [0.5, 0.6) is 0 Å². The van der Waals surface area contributed by atoms with Gasteiger partial charge in [-0.2, -0.15) is 0 Å². The Labute approximate surface area is 82.2 Å². The molecule has 1 aromatic rings. The molecule has 0 fully saturated rings. The van der Waals surface area contributed by atoms with Crippen LogP contribution < -0.4 is 3.27 Å². The molecule has 4 heteroatoms. The predicted octanol–water partition coefficient (Wildman–Crippen LogP) is 3.40. The van der Waals surface area contributed by atoms with Gasteiger partial charge in [0, 0.05) is 0 Å². The third kappa shape index (κ3) is 2.88. The van der Waals surface area contributed by atoms with E-state index in [1.807, 2.05) is 18.2 Å². The number of hydrogen-bond acceptors (Lipinski definition) is 0. The molecule has 0 amide bonds. The molecular formula is C6H5Br3Zr. The zero-order valence-electron chi connectivity index (χ0n) is 5.02. The molecule has 0 atom stereocenters. The number of benzene rings is 1. The third-order valence-corrected chi connectivity index (χ3v) is 11.7. The summed E-state index contributed by atoms with van der Waals surface area (Å²) in [5.41, 5.74) is 0. The molecule has 0 nitrogen and oxygen atoms in total. The average molecular weight is 408 g/mol. The van der Waals surface area contributed by atoms with Crippen molar-refractivity contribution in [2.75, 3.05) is 0 Å². The van der Waals surface area contributed by atoms with E-state index < -0.39 is 13.2 Å². The van der Waals surface area contributed by atoms with Crippen molar-refractivity contribution in [1.82, 2.24) is 0 Å². The molecule has 0 N–H and O–H groups in total.